The van der Waals surface area contributed by atoms with Gasteiger partial charge in [0.15, 0.2) is 0 Å². The average molecular weight is 456 g/mol. The molecule has 1 rings (SSSR count). The molecule has 0 bridgehead atoms. The van der Waals surface area contributed by atoms with Gasteiger partial charge in [-0.25, -0.2) is 4.79 Å². The van der Waals surface area contributed by atoms with Crippen molar-refractivity contribution in [2.75, 3.05) is 6.54 Å². The summed E-state index contributed by atoms with van der Waals surface area (Å²) in [5.74, 6) is -3.43. The van der Waals surface area contributed by atoms with Gasteiger partial charge in [-0.2, -0.15) is 0 Å². The number of rotatable bonds is 12. The van der Waals surface area contributed by atoms with Crippen molar-refractivity contribution in [3.63, 3.8) is 0 Å². The van der Waals surface area contributed by atoms with E-state index in [1.807, 2.05) is 27.7 Å². The molecular weight excluding hydrogens is 418 g/mol. The first kappa shape index (κ1) is 27.3. The minimum absolute atomic E-state index is 0.0349. The molecule has 182 valence electrons. The second-order valence-corrected chi connectivity index (χ2v) is 9.19. The van der Waals surface area contributed by atoms with Crippen molar-refractivity contribution in [2.45, 2.75) is 84.0 Å². The van der Waals surface area contributed by atoms with E-state index in [0.717, 1.165) is 0 Å². The molecule has 0 radical (unpaired) electrons. The van der Waals surface area contributed by atoms with Gasteiger partial charge in [-0.05, 0) is 37.5 Å². The summed E-state index contributed by atoms with van der Waals surface area (Å²) in [4.78, 5) is 62.3. The lowest BCUT2D eigenvalue weighted by Gasteiger charge is -2.30. The summed E-state index contributed by atoms with van der Waals surface area (Å²) in [6, 6.07) is -4.00. The molecule has 1 fully saturated rings. The third-order valence-electron chi connectivity index (χ3n) is 5.24. The van der Waals surface area contributed by atoms with Crippen LogP contribution >= 0.6 is 0 Å². The van der Waals surface area contributed by atoms with Gasteiger partial charge in [0.25, 0.3) is 0 Å². The van der Waals surface area contributed by atoms with Gasteiger partial charge >= 0.3 is 5.97 Å². The highest BCUT2D eigenvalue weighted by atomic mass is 16.4. The van der Waals surface area contributed by atoms with Crippen molar-refractivity contribution in [3.8, 4) is 0 Å². The molecule has 0 aliphatic carbocycles. The molecule has 1 aliphatic rings. The Balaban J connectivity index is 2.99. The Hall–Kier alpha value is -2.69. The molecule has 4 amide bonds. The zero-order chi connectivity index (χ0) is 24.6. The van der Waals surface area contributed by atoms with Crippen molar-refractivity contribution >= 4 is 29.6 Å². The van der Waals surface area contributed by atoms with Crippen LogP contribution in [0.2, 0.25) is 0 Å². The van der Waals surface area contributed by atoms with Crippen LogP contribution in [-0.2, 0) is 24.0 Å². The molecule has 11 heteroatoms. The Morgan fingerprint density at radius 3 is 2.00 bits per heavy atom. The van der Waals surface area contributed by atoms with E-state index in [9.17, 15) is 29.1 Å². The van der Waals surface area contributed by atoms with E-state index in [0.29, 0.717) is 25.8 Å². The number of hydrogen-bond donors (Lipinski definition) is 5. The van der Waals surface area contributed by atoms with E-state index < -0.39 is 53.8 Å². The molecule has 0 aromatic carbocycles. The standard InChI is InChI=1S/C21H37N5O6/c1-11(2)8-14(24-18(28)13(22)10-17(23)27)19(29)25-15(9-12(3)4)20(30)26-7-5-6-16(26)21(31)32/h11-16H,5-10,22H2,1-4H3,(H2,23,27)(H,24,28)(H,25,29)(H,31,32). The molecule has 7 N–H and O–H groups in total. The fourth-order valence-corrected chi connectivity index (χ4v) is 3.74. The van der Waals surface area contributed by atoms with Crippen LogP contribution in [0.25, 0.3) is 0 Å². The van der Waals surface area contributed by atoms with Crippen molar-refractivity contribution < 1.29 is 29.1 Å². The van der Waals surface area contributed by atoms with Crippen molar-refractivity contribution in [2.24, 2.45) is 23.3 Å². The number of hydrogen-bond acceptors (Lipinski definition) is 6. The van der Waals surface area contributed by atoms with E-state index >= 15 is 0 Å². The quantitative estimate of drug-likeness (QED) is 0.258. The topological polar surface area (TPSA) is 185 Å². The first-order chi connectivity index (χ1) is 14.8. The highest BCUT2D eigenvalue weighted by molar-refractivity contribution is 5.95. The maximum Gasteiger partial charge on any atom is 0.326 e. The van der Waals surface area contributed by atoms with Crippen molar-refractivity contribution in [3.05, 3.63) is 0 Å². The highest BCUT2D eigenvalue weighted by Gasteiger charge is 2.38. The highest BCUT2D eigenvalue weighted by Crippen LogP contribution is 2.20. The second-order valence-electron chi connectivity index (χ2n) is 9.19. The molecule has 11 nitrogen and oxygen atoms in total. The summed E-state index contributed by atoms with van der Waals surface area (Å²) >= 11 is 0. The molecule has 0 spiro atoms. The summed E-state index contributed by atoms with van der Waals surface area (Å²) in [6.45, 7) is 7.83. The third kappa shape index (κ3) is 8.45. The summed E-state index contributed by atoms with van der Waals surface area (Å²) in [7, 11) is 0. The summed E-state index contributed by atoms with van der Waals surface area (Å²) in [6.07, 6.45) is 1.19. The number of nitrogens with zero attached hydrogens (tertiary/aromatic N) is 1. The molecule has 1 heterocycles. The van der Waals surface area contributed by atoms with E-state index in [1.165, 1.54) is 4.90 Å². The number of likely N-dealkylation sites (tertiary alicyclic amines) is 1. The summed E-state index contributed by atoms with van der Waals surface area (Å²) in [5, 5.41) is 14.7. The number of carbonyl (C=O) groups is 5. The third-order valence-corrected chi connectivity index (χ3v) is 5.24. The average Bonchev–Trinajstić information content (AvgIpc) is 3.15. The predicted molar refractivity (Wildman–Crippen MR) is 117 cm³/mol. The van der Waals surface area contributed by atoms with Gasteiger partial charge in [-0.15, -0.1) is 0 Å². The number of nitrogens with one attached hydrogen (secondary N) is 2. The van der Waals surface area contributed by atoms with Gasteiger partial charge in [-0.1, -0.05) is 27.7 Å². The fraction of sp³-hybridized carbons (Fsp3) is 0.762. The number of primary amides is 1. The fourth-order valence-electron chi connectivity index (χ4n) is 3.74. The lowest BCUT2D eigenvalue weighted by atomic mass is 9.99. The van der Waals surface area contributed by atoms with Gasteiger partial charge in [0.05, 0.1) is 12.5 Å². The molecule has 1 aliphatic heterocycles. The molecule has 1 saturated heterocycles. The summed E-state index contributed by atoms with van der Waals surface area (Å²) < 4.78 is 0. The van der Waals surface area contributed by atoms with E-state index in [1.54, 1.807) is 0 Å². The van der Waals surface area contributed by atoms with Gasteiger partial charge in [0, 0.05) is 6.54 Å². The monoisotopic (exact) mass is 455 g/mol. The van der Waals surface area contributed by atoms with Gasteiger partial charge < -0.3 is 32.1 Å². The van der Waals surface area contributed by atoms with Crippen LogP contribution in [0.3, 0.4) is 0 Å². The van der Waals surface area contributed by atoms with Crippen LogP contribution in [0.4, 0.5) is 0 Å². The van der Waals surface area contributed by atoms with Crippen LogP contribution in [0, 0.1) is 11.8 Å². The summed E-state index contributed by atoms with van der Waals surface area (Å²) in [5.41, 5.74) is 10.8. The minimum atomic E-state index is -1.19. The van der Waals surface area contributed by atoms with Crippen LogP contribution in [0.5, 0.6) is 0 Å². The number of amides is 4. The van der Waals surface area contributed by atoms with E-state index in [-0.39, 0.29) is 24.7 Å². The molecular formula is C21H37N5O6. The molecule has 0 aromatic heterocycles. The molecule has 4 unspecified atom stereocenters. The number of nitrogens with two attached hydrogens (primary N) is 2. The molecule has 4 atom stereocenters. The smallest absolute Gasteiger partial charge is 0.326 e. The number of aliphatic carboxylic acids is 1. The van der Waals surface area contributed by atoms with E-state index in [4.69, 9.17) is 11.5 Å². The number of carbonyl (C=O) groups excluding carboxylic acids is 4. The maximum atomic E-state index is 13.1. The first-order valence-electron chi connectivity index (χ1n) is 11.0. The molecule has 0 aromatic rings. The Bertz CT molecular complexity index is 711. The lowest BCUT2D eigenvalue weighted by molar-refractivity contribution is -0.149. The Morgan fingerprint density at radius 2 is 1.50 bits per heavy atom. The van der Waals surface area contributed by atoms with Crippen LogP contribution < -0.4 is 22.1 Å². The van der Waals surface area contributed by atoms with Crippen molar-refractivity contribution in [1.29, 1.82) is 0 Å². The number of carboxylic acid groups (broad SMARTS) is 1. The largest absolute Gasteiger partial charge is 0.480 e. The maximum absolute atomic E-state index is 13.1. The van der Waals surface area contributed by atoms with Crippen molar-refractivity contribution in [1.82, 2.24) is 15.5 Å². The van der Waals surface area contributed by atoms with Crippen LogP contribution in [-0.4, -0.2) is 70.3 Å². The Morgan fingerprint density at radius 1 is 0.969 bits per heavy atom. The minimum Gasteiger partial charge on any atom is -0.480 e. The lowest BCUT2D eigenvalue weighted by Crippen LogP contribution is -2.57. The number of carboxylic acids is 1. The Labute approximate surface area is 188 Å². The molecule has 32 heavy (non-hydrogen) atoms. The Kier molecular flexibility index (Phi) is 10.6. The normalized spacial score (nSPS) is 18.8. The first-order valence-corrected chi connectivity index (χ1v) is 11.0. The van der Waals surface area contributed by atoms with Gasteiger partial charge in [-0.3, -0.25) is 19.2 Å². The predicted octanol–water partition coefficient (Wildman–Crippen LogP) is -0.673. The zero-order valence-corrected chi connectivity index (χ0v) is 19.3. The molecule has 0 saturated carbocycles. The van der Waals surface area contributed by atoms with Gasteiger partial charge in [0.2, 0.25) is 23.6 Å². The van der Waals surface area contributed by atoms with Gasteiger partial charge in [0.1, 0.15) is 18.1 Å². The van der Waals surface area contributed by atoms with E-state index in [2.05, 4.69) is 10.6 Å². The van der Waals surface area contributed by atoms with Crippen LogP contribution in [0.1, 0.15) is 59.8 Å². The zero-order valence-electron chi connectivity index (χ0n) is 19.3. The SMILES string of the molecule is CC(C)CC(NC(=O)C(N)CC(N)=O)C(=O)NC(CC(C)C)C(=O)N1CCCC1C(=O)O. The second kappa shape index (κ2) is 12.4. The van der Waals surface area contributed by atoms with Crippen LogP contribution in [0.15, 0.2) is 0 Å².